The number of benzene rings is 1. The third-order valence-electron chi connectivity index (χ3n) is 6.30. The van der Waals surface area contributed by atoms with Crippen LogP contribution in [0.5, 0.6) is 11.5 Å². The number of hydrogen-bond acceptors (Lipinski definition) is 4. The number of nitrogens with zero attached hydrogens (tertiary/aromatic N) is 1. The molecule has 4 heteroatoms. The normalized spacial score (nSPS) is 22.5. The minimum absolute atomic E-state index is 0.174. The van der Waals surface area contributed by atoms with Crippen LogP contribution in [0.2, 0.25) is 0 Å². The summed E-state index contributed by atoms with van der Waals surface area (Å²) in [5.74, 6) is 2.25. The molecule has 1 saturated heterocycles. The molecular formula is C24H37NO3. The first kappa shape index (κ1) is 21.2. The number of Topliss-reactive ketones (excluding diaryl/α,β-unsaturated/α-hetero) is 1. The fourth-order valence-corrected chi connectivity index (χ4v) is 5.12. The Balaban J connectivity index is 1.82. The predicted octanol–water partition coefficient (Wildman–Crippen LogP) is 5.19. The Hall–Kier alpha value is -1.55. The van der Waals surface area contributed by atoms with E-state index in [0.717, 1.165) is 37.4 Å². The first-order chi connectivity index (χ1) is 13.4. The van der Waals surface area contributed by atoms with Crippen LogP contribution in [0.4, 0.5) is 0 Å². The molecule has 1 aromatic rings. The molecule has 0 N–H and O–H groups in total. The minimum Gasteiger partial charge on any atom is -0.490 e. The molecule has 156 valence electrons. The van der Waals surface area contributed by atoms with E-state index in [2.05, 4.69) is 37.8 Å². The van der Waals surface area contributed by atoms with Gasteiger partial charge in [-0.05, 0) is 61.8 Å². The minimum atomic E-state index is 0.174. The van der Waals surface area contributed by atoms with E-state index in [4.69, 9.17) is 9.47 Å². The zero-order valence-electron chi connectivity index (χ0n) is 18.3. The van der Waals surface area contributed by atoms with Gasteiger partial charge in [0.05, 0.1) is 13.2 Å². The molecule has 0 aliphatic carbocycles. The SMILES string of the molecule is CCCC(C)(C)C[C@@H]1CN2CCc3cc(OCC)c(OCC)cc3[C@H]2CC1=O. The van der Waals surface area contributed by atoms with Crippen LogP contribution in [-0.2, 0) is 11.2 Å². The molecule has 28 heavy (non-hydrogen) atoms. The number of ketones is 1. The Labute approximate surface area is 170 Å². The molecule has 2 aliphatic rings. The molecule has 2 aliphatic heterocycles. The van der Waals surface area contributed by atoms with Crippen molar-refractivity contribution < 1.29 is 14.3 Å². The van der Waals surface area contributed by atoms with Gasteiger partial charge in [-0.3, -0.25) is 9.69 Å². The van der Waals surface area contributed by atoms with Crippen molar-refractivity contribution in [1.29, 1.82) is 0 Å². The summed E-state index contributed by atoms with van der Waals surface area (Å²) in [5, 5.41) is 0. The maximum Gasteiger partial charge on any atom is 0.161 e. The Bertz CT molecular complexity index is 697. The fraction of sp³-hybridized carbons (Fsp3) is 0.708. The van der Waals surface area contributed by atoms with E-state index in [1.807, 2.05) is 13.8 Å². The highest BCUT2D eigenvalue weighted by Gasteiger charge is 2.40. The molecule has 0 amide bonds. The fourth-order valence-electron chi connectivity index (χ4n) is 5.12. The average molecular weight is 388 g/mol. The van der Waals surface area contributed by atoms with E-state index >= 15 is 0 Å². The molecule has 0 spiro atoms. The van der Waals surface area contributed by atoms with Gasteiger partial charge in [-0.2, -0.15) is 0 Å². The number of rotatable bonds is 8. The summed E-state index contributed by atoms with van der Waals surface area (Å²) in [4.78, 5) is 15.6. The van der Waals surface area contributed by atoms with Crippen molar-refractivity contribution in [3.05, 3.63) is 23.3 Å². The van der Waals surface area contributed by atoms with Gasteiger partial charge in [-0.1, -0.05) is 27.2 Å². The van der Waals surface area contributed by atoms with Crippen molar-refractivity contribution in [3.63, 3.8) is 0 Å². The van der Waals surface area contributed by atoms with Crippen LogP contribution in [0.15, 0.2) is 12.1 Å². The van der Waals surface area contributed by atoms with Crippen molar-refractivity contribution in [3.8, 4) is 11.5 Å². The second-order valence-corrected chi connectivity index (χ2v) is 9.11. The summed E-state index contributed by atoms with van der Waals surface area (Å²) < 4.78 is 11.6. The second-order valence-electron chi connectivity index (χ2n) is 9.11. The van der Waals surface area contributed by atoms with Crippen molar-refractivity contribution >= 4 is 5.78 Å². The van der Waals surface area contributed by atoms with E-state index < -0.39 is 0 Å². The van der Waals surface area contributed by atoms with E-state index in [1.165, 1.54) is 24.0 Å². The molecule has 0 unspecified atom stereocenters. The lowest BCUT2D eigenvalue weighted by atomic mass is 9.74. The third kappa shape index (κ3) is 4.53. The van der Waals surface area contributed by atoms with Gasteiger partial charge in [0.1, 0.15) is 5.78 Å². The van der Waals surface area contributed by atoms with Crippen LogP contribution in [0.1, 0.15) is 77.5 Å². The monoisotopic (exact) mass is 387 g/mol. The average Bonchev–Trinajstić information content (AvgIpc) is 2.63. The van der Waals surface area contributed by atoms with Crippen molar-refractivity contribution in [2.75, 3.05) is 26.3 Å². The highest BCUT2D eigenvalue weighted by Crippen LogP contribution is 2.44. The predicted molar refractivity (Wildman–Crippen MR) is 113 cm³/mol. The van der Waals surface area contributed by atoms with Gasteiger partial charge in [-0.15, -0.1) is 0 Å². The number of piperidine rings is 1. The summed E-state index contributed by atoms with van der Waals surface area (Å²) in [7, 11) is 0. The number of fused-ring (bicyclic) bond motifs is 3. The second kappa shape index (κ2) is 8.86. The molecule has 0 saturated carbocycles. The summed E-state index contributed by atoms with van der Waals surface area (Å²) in [6, 6.07) is 4.47. The lowest BCUT2D eigenvalue weighted by Gasteiger charge is -2.44. The summed E-state index contributed by atoms with van der Waals surface area (Å²) >= 11 is 0. The molecule has 4 nitrogen and oxygen atoms in total. The number of ether oxygens (including phenoxy) is 2. The number of carbonyl (C=O) groups excluding carboxylic acids is 1. The Morgan fingerprint density at radius 1 is 1.11 bits per heavy atom. The summed E-state index contributed by atoms with van der Waals surface area (Å²) in [6.45, 7) is 14.0. The van der Waals surface area contributed by atoms with Crippen LogP contribution in [0.25, 0.3) is 0 Å². The van der Waals surface area contributed by atoms with E-state index in [1.54, 1.807) is 0 Å². The quantitative estimate of drug-likeness (QED) is 0.615. The highest BCUT2D eigenvalue weighted by atomic mass is 16.5. The molecule has 0 bridgehead atoms. The maximum absolute atomic E-state index is 13.0. The highest BCUT2D eigenvalue weighted by molar-refractivity contribution is 5.83. The number of carbonyl (C=O) groups is 1. The molecule has 1 fully saturated rings. The Morgan fingerprint density at radius 2 is 1.79 bits per heavy atom. The molecule has 2 atom stereocenters. The first-order valence-corrected chi connectivity index (χ1v) is 11.1. The Kier molecular flexibility index (Phi) is 6.69. The summed E-state index contributed by atoms with van der Waals surface area (Å²) in [6.07, 6.45) is 5.00. The lowest BCUT2D eigenvalue weighted by molar-refractivity contribution is -0.130. The van der Waals surface area contributed by atoms with Gasteiger partial charge in [0.15, 0.2) is 11.5 Å². The van der Waals surface area contributed by atoms with E-state index in [0.29, 0.717) is 25.4 Å². The zero-order valence-corrected chi connectivity index (χ0v) is 18.3. The molecular weight excluding hydrogens is 350 g/mol. The van der Waals surface area contributed by atoms with Gasteiger partial charge >= 0.3 is 0 Å². The third-order valence-corrected chi connectivity index (χ3v) is 6.30. The topological polar surface area (TPSA) is 38.8 Å². The van der Waals surface area contributed by atoms with Gasteiger partial charge in [-0.25, -0.2) is 0 Å². The molecule has 0 radical (unpaired) electrons. The molecule has 3 rings (SSSR count). The van der Waals surface area contributed by atoms with E-state index in [-0.39, 0.29) is 17.4 Å². The molecule has 0 aromatic heterocycles. The van der Waals surface area contributed by atoms with Crippen molar-refractivity contribution in [1.82, 2.24) is 4.90 Å². The summed E-state index contributed by atoms with van der Waals surface area (Å²) in [5.41, 5.74) is 2.81. The zero-order chi connectivity index (χ0) is 20.3. The van der Waals surface area contributed by atoms with Crippen LogP contribution < -0.4 is 9.47 Å². The van der Waals surface area contributed by atoms with Gasteiger partial charge in [0.25, 0.3) is 0 Å². The number of hydrogen-bond donors (Lipinski definition) is 0. The lowest BCUT2D eigenvalue weighted by Crippen LogP contribution is -2.47. The van der Waals surface area contributed by atoms with Gasteiger partial charge in [0.2, 0.25) is 0 Å². The molecule has 1 aromatic carbocycles. The van der Waals surface area contributed by atoms with Crippen LogP contribution >= 0.6 is 0 Å². The van der Waals surface area contributed by atoms with Crippen molar-refractivity contribution in [2.24, 2.45) is 11.3 Å². The molecule has 2 heterocycles. The van der Waals surface area contributed by atoms with Crippen LogP contribution in [0, 0.1) is 11.3 Å². The Morgan fingerprint density at radius 3 is 2.43 bits per heavy atom. The smallest absolute Gasteiger partial charge is 0.161 e. The standard InChI is InChI=1S/C24H37NO3/c1-6-10-24(4,5)15-18-16-25-11-9-17-12-22(27-7-2)23(28-8-3)13-19(17)20(25)14-21(18)26/h12-13,18,20H,6-11,14-16H2,1-5H3/t18-,20-/m1/s1. The van der Waals surface area contributed by atoms with Gasteiger partial charge < -0.3 is 9.47 Å². The van der Waals surface area contributed by atoms with Crippen molar-refractivity contribution in [2.45, 2.75) is 72.8 Å². The van der Waals surface area contributed by atoms with Crippen LogP contribution in [-0.4, -0.2) is 37.0 Å². The van der Waals surface area contributed by atoms with Gasteiger partial charge in [0, 0.05) is 31.5 Å². The maximum atomic E-state index is 13.0. The largest absolute Gasteiger partial charge is 0.490 e. The van der Waals surface area contributed by atoms with Crippen LogP contribution in [0.3, 0.4) is 0 Å². The first-order valence-electron chi connectivity index (χ1n) is 11.1. The van der Waals surface area contributed by atoms with E-state index in [9.17, 15) is 4.79 Å².